The summed E-state index contributed by atoms with van der Waals surface area (Å²) in [5.41, 5.74) is 2.72. The van der Waals surface area contributed by atoms with E-state index in [0.717, 1.165) is 29.8 Å². The Kier molecular flexibility index (Phi) is 14.5. The molecule has 0 aliphatic rings. The van der Waals surface area contributed by atoms with Crippen molar-refractivity contribution in [1.82, 2.24) is 14.9 Å². The molecule has 3 aromatic rings. The Morgan fingerprint density at radius 1 is 0.769 bits per heavy atom. The Labute approximate surface area is 236 Å². The summed E-state index contributed by atoms with van der Waals surface area (Å²) in [6.45, 7) is 3.63. The Morgan fingerprint density at radius 2 is 1.36 bits per heavy atom. The van der Waals surface area contributed by atoms with Crippen LogP contribution in [-0.2, 0) is 13.1 Å². The van der Waals surface area contributed by atoms with Gasteiger partial charge < -0.3 is 14.6 Å². The van der Waals surface area contributed by atoms with Gasteiger partial charge in [-0.2, -0.15) is 0 Å². The summed E-state index contributed by atoms with van der Waals surface area (Å²) in [5.74, 6) is 1.47. The fourth-order valence-electron chi connectivity index (χ4n) is 5.35. The number of fused-ring (bicyclic) bond motifs is 1. The lowest BCUT2D eigenvalue weighted by Gasteiger charge is -2.11. The van der Waals surface area contributed by atoms with E-state index in [1.807, 2.05) is 24.3 Å². The van der Waals surface area contributed by atoms with Crippen molar-refractivity contribution >= 4 is 16.9 Å². The van der Waals surface area contributed by atoms with Gasteiger partial charge in [0, 0.05) is 12.1 Å². The van der Waals surface area contributed by atoms with Crippen molar-refractivity contribution in [3.63, 3.8) is 0 Å². The molecule has 0 bridgehead atoms. The molecule has 0 aliphatic heterocycles. The van der Waals surface area contributed by atoms with Crippen LogP contribution in [-0.4, -0.2) is 22.6 Å². The first-order valence-electron chi connectivity index (χ1n) is 15.6. The summed E-state index contributed by atoms with van der Waals surface area (Å²) in [6, 6.07) is 15.5. The highest BCUT2D eigenvalue weighted by atomic mass is 16.5. The van der Waals surface area contributed by atoms with Gasteiger partial charge in [-0.25, -0.2) is 4.98 Å². The normalized spacial score (nSPS) is 11.2. The zero-order chi connectivity index (χ0) is 27.5. The van der Waals surface area contributed by atoms with Crippen molar-refractivity contribution in [2.75, 3.05) is 7.11 Å². The number of aromatic nitrogens is 2. The van der Waals surface area contributed by atoms with Crippen LogP contribution in [0.1, 0.15) is 126 Å². The van der Waals surface area contributed by atoms with Crippen molar-refractivity contribution in [2.24, 2.45) is 0 Å². The number of nitrogens with zero attached hydrogens (tertiary/aromatic N) is 2. The highest BCUT2D eigenvalue weighted by Gasteiger charge is 2.13. The second kappa shape index (κ2) is 18.5. The number of aryl methyl sites for hydroxylation is 1. The smallest absolute Gasteiger partial charge is 0.251 e. The summed E-state index contributed by atoms with van der Waals surface area (Å²) in [4.78, 5) is 17.6. The molecule has 0 unspecified atom stereocenters. The van der Waals surface area contributed by atoms with Gasteiger partial charge in [-0.1, -0.05) is 121 Å². The molecule has 0 fully saturated rings. The topological polar surface area (TPSA) is 56.2 Å². The molecule has 1 aromatic heterocycles. The molecule has 0 radical (unpaired) electrons. The fraction of sp³-hybridized carbons (Fsp3) is 0.588. The molecule has 214 valence electrons. The number of benzene rings is 2. The number of carbonyl (C=O) groups excluding carboxylic acids is 1. The van der Waals surface area contributed by atoms with Crippen LogP contribution in [0.3, 0.4) is 0 Å². The van der Waals surface area contributed by atoms with Crippen molar-refractivity contribution < 1.29 is 9.53 Å². The zero-order valence-electron chi connectivity index (χ0n) is 24.6. The highest BCUT2D eigenvalue weighted by Crippen LogP contribution is 2.19. The second-order valence-corrected chi connectivity index (χ2v) is 10.9. The largest absolute Gasteiger partial charge is 0.497 e. The Morgan fingerprint density at radius 3 is 1.97 bits per heavy atom. The summed E-state index contributed by atoms with van der Waals surface area (Å²) < 4.78 is 7.54. The van der Waals surface area contributed by atoms with Gasteiger partial charge in [0.1, 0.15) is 11.6 Å². The number of amides is 1. The number of para-hydroxylation sites is 2. The predicted molar refractivity (Wildman–Crippen MR) is 163 cm³/mol. The fourth-order valence-corrected chi connectivity index (χ4v) is 5.35. The van der Waals surface area contributed by atoms with E-state index >= 15 is 0 Å². The Hall–Kier alpha value is -2.82. The maximum Gasteiger partial charge on any atom is 0.251 e. The minimum Gasteiger partial charge on any atom is -0.497 e. The van der Waals surface area contributed by atoms with Crippen LogP contribution in [0.2, 0.25) is 0 Å². The number of carbonyl (C=O) groups is 1. The molecule has 1 heterocycles. The quantitative estimate of drug-likeness (QED) is 0.139. The minimum absolute atomic E-state index is 0.116. The van der Waals surface area contributed by atoms with Gasteiger partial charge >= 0.3 is 0 Å². The van der Waals surface area contributed by atoms with E-state index in [2.05, 4.69) is 28.9 Å². The number of unbranched alkanes of at least 4 members (excludes halogenated alkanes) is 15. The Balaban J connectivity index is 1.32. The molecule has 0 atom stereocenters. The SMILES string of the molecule is CCCCCCCCCCCCCCCCCCn1c(CNC(=O)c2cccc(OC)c2)nc2ccccc21. The van der Waals surface area contributed by atoms with Crippen molar-refractivity contribution in [1.29, 1.82) is 0 Å². The average molecular weight is 534 g/mol. The number of imidazole rings is 1. The molecule has 1 amide bonds. The minimum atomic E-state index is -0.116. The van der Waals surface area contributed by atoms with E-state index in [0.29, 0.717) is 17.9 Å². The summed E-state index contributed by atoms with van der Waals surface area (Å²) >= 11 is 0. The molecule has 0 aliphatic carbocycles. The zero-order valence-corrected chi connectivity index (χ0v) is 24.6. The monoisotopic (exact) mass is 533 g/mol. The maximum atomic E-state index is 12.7. The molecule has 5 heteroatoms. The lowest BCUT2D eigenvalue weighted by Crippen LogP contribution is -2.24. The lowest BCUT2D eigenvalue weighted by molar-refractivity contribution is 0.0949. The summed E-state index contributed by atoms with van der Waals surface area (Å²) in [6.07, 6.45) is 21.9. The van der Waals surface area contributed by atoms with Crippen LogP contribution in [0, 0.1) is 0 Å². The standard InChI is InChI=1S/C34H51N3O2/c1-3-4-5-6-7-8-9-10-11-12-13-14-15-16-17-20-26-37-32-25-19-18-24-31(32)36-33(37)28-35-34(38)29-22-21-23-30(27-29)39-2/h18-19,21-25,27H,3-17,20,26,28H2,1-2H3,(H,35,38). The number of ether oxygens (including phenoxy) is 1. The molecule has 3 rings (SSSR count). The van der Waals surface area contributed by atoms with Crippen LogP contribution in [0.4, 0.5) is 0 Å². The van der Waals surface area contributed by atoms with Crippen molar-refractivity contribution in [2.45, 2.75) is 123 Å². The van der Waals surface area contributed by atoms with E-state index in [1.165, 1.54) is 96.3 Å². The van der Waals surface area contributed by atoms with Gasteiger partial charge in [-0.05, 0) is 36.8 Å². The van der Waals surface area contributed by atoms with Crippen LogP contribution >= 0.6 is 0 Å². The number of rotatable bonds is 21. The molecule has 39 heavy (non-hydrogen) atoms. The van der Waals surface area contributed by atoms with E-state index < -0.39 is 0 Å². The van der Waals surface area contributed by atoms with Gasteiger partial charge in [0.25, 0.3) is 5.91 Å². The number of methoxy groups -OCH3 is 1. The molecule has 5 nitrogen and oxygen atoms in total. The van der Waals surface area contributed by atoms with Gasteiger partial charge in [0.05, 0.1) is 24.7 Å². The first kappa shape index (κ1) is 30.7. The van der Waals surface area contributed by atoms with E-state index in [9.17, 15) is 4.79 Å². The molecule has 0 spiro atoms. The van der Waals surface area contributed by atoms with Gasteiger partial charge in [0.15, 0.2) is 0 Å². The van der Waals surface area contributed by atoms with Crippen LogP contribution in [0.15, 0.2) is 48.5 Å². The third-order valence-corrected chi connectivity index (χ3v) is 7.71. The number of nitrogens with one attached hydrogen (secondary N) is 1. The highest BCUT2D eigenvalue weighted by molar-refractivity contribution is 5.94. The molecule has 0 saturated heterocycles. The molecular weight excluding hydrogens is 482 g/mol. The number of hydrogen-bond acceptors (Lipinski definition) is 3. The molecule has 1 N–H and O–H groups in total. The van der Waals surface area contributed by atoms with Crippen molar-refractivity contribution in [3.8, 4) is 5.75 Å². The summed E-state index contributed by atoms with van der Waals surface area (Å²) in [7, 11) is 1.61. The van der Waals surface area contributed by atoms with Crippen LogP contribution in [0.25, 0.3) is 11.0 Å². The first-order valence-corrected chi connectivity index (χ1v) is 15.6. The van der Waals surface area contributed by atoms with E-state index in [1.54, 1.807) is 19.2 Å². The lowest BCUT2D eigenvalue weighted by atomic mass is 10.0. The third kappa shape index (κ3) is 11.1. The molecular formula is C34H51N3O2. The second-order valence-electron chi connectivity index (χ2n) is 10.9. The molecule has 0 saturated carbocycles. The Bertz CT molecular complexity index is 1090. The van der Waals surface area contributed by atoms with Gasteiger partial charge in [0.2, 0.25) is 0 Å². The van der Waals surface area contributed by atoms with Gasteiger partial charge in [-0.15, -0.1) is 0 Å². The number of hydrogen-bond donors (Lipinski definition) is 1. The first-order chi connectivity index (χ1) is 19.2. The summed E-state index contributed by atoms with van der Waals surface area (Å²) in [5, 5.41) is 3.05. The molecule has 2 aromatic carbocycles. The maximum absolute atomic E-state index is 12.7. The third-order valence-electron chi connectivity index (χ3n) is 7.71. The van der Waals surface area contributed by atoms with Gasteiger partial charge in [-0.3, -0.25) is 4.79 Å². The van der Waals surface area contributed by atoms with E-state index in [-0.39, 0.29) is 5.91 Å². The van der Waals surface area contributed by atoms with Crippen LogP contribution in [0.5, 0.6) is 5.75 Å². The van der Waals surface area contributed by atoms with Crippen molar-refractivity contribution in [3.05, 3.63) is 59.9 Å². The predicted octanol–water partition coefficient (Wildman–Crippen LogP) is 9.24. The van der Waals surface area contributed by atoms with E-state index in [4.69, 9.17) is 9.72 Å². The average Bonchev–Trinajstić information content (AvgIpc) is 3.33. The van der Waals surface area contributed by atoms with Crippen LogP contribution < -0.4 is 10.1 Å².